The molecule has 0 saturated carbocycles. The predicted molar refractivity (Wildman–Crippen MR) is 135 cm³/mol. The Balaban J connectivity index is 1.79. The van der Waals surface area contributed by atoms with Gasteiger partial charge in [-0.1, -0.05) is 22.9 Å². The molecule has 0 aliphatic carbocycles. The number of amides is 2. The molecule has 0 heterocycles. The maximum atomic E-state index is 12.6. The van der Waals surface area contributed by atoms with Crippen LogP contribution in [-0.4, -0.2) is 56.4 Å². The monoisotopic (exact) mass is 567 g/mol. The lowest BCUT2D eigenvalue weighted by Gasteiger charge is -2.14. The fraction of sp³-hybridized carbons (Fsp3) is 0.304. The number of methoxy groups -OCH3 is 1. The van der Waals surface area contributed by atoms with Crippen molar-refractivity contribution >= 4 is 51.0 Å². The van der Waals surface area contributed by atoms with Crippen LogP contribution in [0.2, 0.25) is 0 Å². The van der Waals surface area contributed by atoms with Crippen LogP contribution in [-0.2, 0) is 14.3 Å². The van der Waals surface area contributed by atoms with E-state index in [1.165, 1.54) is 0 Å². The van der Waals surface area contributed by atoms with E-state index >= 15 is 0 Å². The second-order valence-electron chi connectivity index (χ2n) is 6.89. The maximum Gasteiger partial charge on any atom is 0.338 e. The van der Waals surface area contributed by atoms with Gasteiger partial charge in [-0.25, -0.2) is 4.79 Å². The van der Waals surface area contributed by atoms with E-state index in [0.29, 0.717) is 34.7 Å². The van der Waals surface area contributed by atoms with Crippen molar-refractivity contribution in [2.45, 2.75) is 13.3 Å². The van der Waals surface area contributed by atoms with Gasteiger partial charge < -0.3 is 18.9 Å². The molecule has 2 aromatic carbocycles. The Labute approximate surface area is 216 Å². The zero-order valence-electron chi connectivity index (χ0n) is 19.2. The molecule has 2 aromatic rings. The standard InChI is InChI=1S/C23H26BrN3O7S/c1-3-10-33-22(30)15-4-7-17(8-5-15)34-14-20(28)26-27-23(35)25-21(29)18-13-16(24)6-9-19(18)32-12-11-31-2/h4-9,13H,3,10-12,14H2,1-2H3,(H,26,28)(H2,25,27,29,35). The van der Waals surface area contributed by atoms with E-state index in [2.05, 4.69) is 32.1 Å². The number of hydrogen-bond acceptors (Lipinski definition) is 8. The van der Waals surface area contributed by atoms with Crippen molar-refractivity contribution in [1.82, 2.24) is 16.2 Å². The van der Waals surface area contributed by atoms with Gasteiger partial charge in [0.05, 0.1) is 24.3 Å². The summed E-state index contributed by atoms with van der Waals surface area (Å²) in [4.78, 5) is 36.4. The van der Waals surface area contributed by atoms with Gasteiger partial charge in [-0.15, -0.1) is 0 Å². The van der Waals surface area contributed by atoms with Gasteiger partial charge in [0, 0.05) is 11.6 Å². The first-order valence-electron chi connectivity index (χ1n) is 10.6. The Morgan fingerprint density at radius 3 is 2.40 bits per heavy atom. The smallest absolute Gasteiger partial charge is 0.338 e. The third kappa shape index (κ3) is 9.89. The van der Waals surface area contributed by atoms with E-state index < -0.39 is 17.8 Å². The second-order valence-corrected chi connectivity index (χ2v) is 8.21. The van der Waals surface area contributed by atoms with Crippen LogP contribution in [0.25, 0.3) is 0 Å². The minimum atomic E-state index is -0.543. The first-order valence-corrected chi connectivity index (χ1v) is 11.8. The first kappa shape index (κ1) is 28.0. The number of carbonyl (C=O) groups is 3. The molecule has 2 rings (SSSR count). The number of halogens is 1. The van der Waals surface area contributed by atoms with Crippen LogP contribution < -0.4 is 25.6 Å². The molecule has 2 amide bonds. The summed E-state index contributed by atoms with van der Waals surface area (Å²) < 4.78 is 21.6. The van der Waals surface area contributed by atoms with Gasteiger partial charge in [-0.2, -0.15) is 0 Å². The molecule has 0 radical (unpaired) electrons. The van der Waals surface area contributed by atoms with Crippen LogP contribution in [0.15, 0.2) is 46.9 Å². The molecule has 0 bridgehead atoms. The molecule has 0 fully saturated rings. The molecule has 188 valence electrons. The van der Waals surface area contributed by atoms with Crippen LogP contribution in [0.3, 0.4) is 0 Å². The fourth-order valence-corrected chi connectivity index (χ4v) is 3.02. The Morgan fingerprint density at radius 1 is 0.971 bits per heavy atom. The Bertz CT molecular complexity index is 1030. The van der Waals surface area contributed by atoms with Crippen molar-refractivity contribution in [2.75, 3.05) is 33.5 Å². The summed E-state index contributed by atoms with van der Waals surface area (Å²) in [6, 6.07) is 11.2. The minimum absolute atomic E-state index is 0.124. The fourth-order valence-electron chi connectivity index (χ4n) is 2.52. The molecule has 12 heteroatoms. The summed E-state index contributed by atoms with van der Waals surface area (Å²) in [5.41, 5.74) is 5.40. The highest BCUT2D eigenvalue weighted by Gasteiger charge is 2.15. The van der Waals surface area contributed by atoms with Crippen molar-refractivity contribution < 1.29 is 33.3 Å². The number of hydrazine groups is 1. The summed E-state index contributed by atoms with van der Waals surface area (Å²) in [7, 11) is 1.55. The van der Waals surface area contributed by atoms with Gasteiger partial charge in [-0.3, -0.25) is 25.8 Å². The minimum Gasteiger partial charge on any atom is -0.490 e. The molecule has 0 atom stereocenters. The molecule has 0 aliphatic rings. The van der Waals surface area contributed by atoms with Gasteiger partial charge in [0.15, 0.2) is 11.7 Å². The molecule has 0 unspecified atom stereocenters. The lowest BCUT2D eigenvalue weighted by Crippen LogP contribution is -2.49. The molecule has 10 nitrogen and oxygen atoms in total. The molecule has 0 aromatic heterocycles. The number of benzene rings is 2. The Hall–Kier alpha value is -3.22. The van der Waals surface area contributed by atoms with Crippen LogP contribution in [0.1, 0.15) is 34.1 Å². The average Bonchev–Trinajstić information content (AvgIpc) is 2.86. The van der Waals surface area contributed by atoms with Gasteiger partial charge in [0.1, 0.15) is 18.1 Å². The number of nitrogens with one attached hydrogen (secondary N) is 3. The SMILES string of the molecule is CCCOC(=O)c1ccc(OCC(=O)NNC(=S)NC(=O)c2cc(Br)ccc2OCCOC)cc1. The number of thiocarbonyl (C=S) groups is 1. The van der Waals surface area contributed by atoms with Crippen molar-refractivity contribution in [3.05, 3.63) is 58.1 Å². The summed E-state index contributed by atoms with van der Waals surface area (Å²) in [5, 5.41) is 2.34. The highest BCUT2D eigenvalue weighted by molar-refractivity contribution is 9.10. The highest BCUT2D eigenvalue weighted by Crippen LogP contribution is 2.23. The third-order valence-electron chi connectivity index (χ3n) is 4.17. The van der Waals surface area contributed by atoms with Crippen LogP contribution >= 0.6 is 28.1 Å². The molecule has 0 spiro atoms. The number of rotatable bonds is 11. The first-order chi connectivity index (χ1) is 16.8. The number of esters is 1. The average molecular weight is 568 g/mol. The number of ether oxygens (including phenoxy) is 4. The summed E-state index contributed by atoms with van der Waals surface area (Å²) in [6.45, 7) is 2.55. The Morgan fingerprint density at radius 2 is 1.71 bits per heavy atom. The molecular formula is C23H26BrN3O7S. The highest BCUT2D eigenvalue weighted by atomic mass is 79.9. The van der Waals surface area contributed by atoms with Gasteiger partial charge in [0.25, 0.3) is 11.8 Å². The lowest BCUT2D eigenvalue weighted by atomic mass is 10.2. The number of hydrogen-bond donors (Lipinski definition) is 3. The largest absolute Gasteiger partial charge is 0.490 e. The van der Waals surface area contributed by atoms with Gasteiger partial charge in [0.2, 0.25) is 0 Å². The summed E-state index contributed by atoms with van der Waals surface area (Å²) >= 11 is 8.38. The van der Waals surface area contributed by atoms with Gasteiger partial charge >= 0.3 is 5.97 Å². The van der Waals surface area contributed by atoms with Crippen LogP contribution in [0.5, 0.6) is 11.5 Å². The number of carbonyl (C=O) groups excluding carboxylic acids is 3. The molecule has 0 saturated heterocycles. The van der Waals surface area contributed by atoms with Crippen LogP contribution in [0.4, 0.5) is 0 Å². The second kappa shape index (κ2) is 14.9. The zero-order valence-corrected chi connectivity index (χ0v) is 21.6. The van der Waals surface area contributed by atoms with E-state index in [1.54, 1.807) is 49.6 Å². The van der Waals surface area contributed by atoms with Crippen molar-refractivity contribution in [3.8, 4) is 11.5 Å². The van der Waals surface area contributed by atoms with E-state index in [9.17, 15) is 14.4 Å². The third-order valence-corrected chi connectivity index (χ3v) is 4.87. The molecular weight excluding hydrogens is 542 g/mol. The van der Waals surface area contributed by atoms with E-state index in [4.69, 9.17) is 31.2 Å². The van der Waals surface area contributed by atoms with Gasteiger partial charge in [-0.05, 0) is 61.1 Å². The Kier molecular flexibility index (Phi) is 11.9. The van der Waals surface area contributed by atoms with E-state index in [0.717, 1.165) is 6.42 Å². The quantitative estimate of drug-likeness (QED) is 0.163. The zero-order chi connectivity index (χ0) is 25.6. The molecule has 0 aliphatic heterocycles. The lowest BCUT2D eigenvalue weighted by molar-refractivity contribution is -0.123. The van der Waals surface area contributed by atoms with Crippen molar-refractivity contribution in [2.24, 2.45) is 0 Å². The topological polar surface area (TPSA) is 124 Å². The predicted octanol–water partition coefficient (Wildman–Crippen LogP) is 2.76. The maximum absolute atomic E-state index is 12.6. The normalized spacial score (nSPS) is 10.1. The van der Waals surface area contributed by atoms with Crippen molar-refractivity contribution in [3.63, 3.8) is 0 Å². The molecule has 3 N–H and O–H groups in total. The van der Waals surface area contributed by atoms with E-state index in [1.807, 2.05) is 6.92 Å². The van der Waals surface area contributed by atoms with E-state index in [-0.39, 0.29) is 23.9 Å². The summed E-state index contributed by atoms with van der Waals surface area (Å²) in [5.74, 6) is -0.753. The summed E-state index contributed by atoms with van der Waals surface area (Å²) in [6.07, 6.45) is 0.734. The van der Waals surface area contributed by atoms with Crippen LogP contribution in [0, 0.1) is 0 Å². The molecule has 35 heavy (non-hydrogen) atoms. The van der Waals surface area contributed by atoms with Crippen molar-refractivity contribution in [1.29, 1.82) is 0 Å².